The van der Waals surface area contributed by atoms with Crippen molar-refractivity contribution < 1.29 is 9.90 Å². The number of aryl methyl sites for hydroxylation is 1. The van der Waals surface area contributed by atoms with Crippen LogP contribution in [-0.2, 0) is 17.6 Å². The van der Waals surface area contributed by atoms with Crippen LogP contribution in [0.4, 0.5) is 0 Å². The SMILES string of the molecule is Br.CCc1[nH]ncc1CC(=O)O. The first-order chi connectivity index (χ1) is 5.24. The van der Waals surface area contributed by atoms with Gasteiger partial charge in [0, 0.05) is 11.3 Å². The molecule has 0 unspecified atom stereocenters. The number of hydrogen-bond acceptors (Lipinski definition) is 2. The lowest BCUT2D eigenvalue weighted by atomic mass is 10.1. The fraction of sp³-hybridized carbons (Fsp3) is 0.429. The molecule has 0 saturated carbocycles. The smallest absolute Gasteiger partial charge is 0.307 e. The summed E-state index contributed by atoms with van der Waals surface area (Å²) in [6, 6.07) is 0. The Labute approximate surface area is 80.8 Å². The zero-order valence-electron chi connectivity index (χ0n) is 6.70. The van der Waals surface area contributed by atoms with Gasteiger partial charge in [0.25, 0.3) is 0 Å². The van der Waals surface area contributed by atoms with Crippen LogP contribution in [0.25, 0.3) is 0 Å². The second-order valence-corrected chi connectivity index (χ2v) is 2.30. The summed E-state index contributed by atoms with van der Waals surface area (Å²) >= 11 is 0. The molecule has 0 spiro atoms. The van der Waals surface area contributed by atoms with Crippen LogP contribution in [0.15, 0.2) is 6.20 Å². The second-order valence-electron chi connectivity index (χ2n) is 2.30. The monoisotopic (exact) mass is 234 g/mol. The molecule has 0 fully saturated rings. The molecule has 0 aliphatic heterocycles. The van der Waals surface area contributed by atoms with Gasteiger partial charge in [-0.1, -0.05) is 6.92 Å². The van der Waals surface area contributed by atoms with Crippen LogP contribution in [0.2, 0.25) is 0 Å². The molecular weight excluding hydrogens is 224 g/mol. The molecule has 0 atom stereocenters. The van der Waals surface area contributed by atoms with Gasteiger partial charge in [-0.15, -0.1) is 17.0 Å². The third-order valence-corrected chi connectivity index (χ3v) is 1.50. The molecule has 0 aliphatic carbocycles. The van der Waals surface area contributed by atoms with Gasteiger partial charge in [0.2, 0.25) is 0 Å². The molecule has 1 heterocycles. The van der Waals surface area contributed by atoms with E-state index < -0.39 is 5.97 Å². The highest BCUT2D eigenvalue weighted by molar-refractivity contribution is 8.93. The Morgan fingerprint density at radius 2 is 2.42 bits per heavy atom. The third-order valence-electron chi connectivity index (χ3n) is 1.50. The van der Waals surface area contributed by atoms with Crippen LogP contribution in [-0.4, -0.2) is 21.3 Å². The van der Waals surface area contributed by atoms with Crippen molar-refractivity contribution in [2.75, 3.05) is 0 Å². The number of carbonyl (C=O) groups is 1. The average Bonchev–Trinajstić information content (AvgIpc) is 2.34. The fourth-order valence-electron chi connectivity index (χ4n) is 0.959. The quantitative estimate of drug-likeness (QED) is 0.826. The molecule has 1 rings (SSSR count). The Balaban J connectivity index is 0.00000121. The standard InChI is InChI=1S/C7H10N2O2.BrH/c1-2-6-5(3-7(10)11)4-8-9-6;/h4H,2-3H2,1H3,(H,8,9)(H,10,11);1H. The maximum absolute atomic E-state index is 10.3. The largest absolute Gasteiger partial charge is 0.481 e. The Kier molecular flexibility index (Phi) is 4.58. The number of nitrogens with one attached hydrogen (secondary N) is 1. The number of carboxylic acids is 1. The summed E-state index contributed by atoms with van der Waals surface area (Å²) in [5.41, 5.74) is 1.69. The van der Waals surface area contributed by atoms with Crippen molar-refractivity contribution in [2.24, 2.45) is 0 Å². The van der Waals surface area contributed by atoms with E-state index in [0.29, 0.717) is 0 Å². The van der Waals surface area contributed by atoms with E-state index in [4.69, 9.17) is 5.11 Å². The molecule has 12 heavy (non-hydrogen) atoms. The van der Waals surface area contributed by atoms with Gasteiger partial charge in [-0.3, -0.25) is 9.89 Å². The van der Waals surface area contributed by atoms with E-state index in [2.05, 4.69) is 10.2 Å². The van der Waals surface area contributed by atoms with Crippen LogP contribution < -0.4 is 0 Å². The predicted molar refractivity (Wildman–Crippen MR) is 49.6 cm³/mol. The van der Waals surface area contributed by atoms with Crippen LogP contribution in [0, 0.1) is 0 Å². The van der Waals surface area contributed by atoms with E-state index in [9.17, 15) is 4.79 Å². The first-order valence-electron chi connectivity index (χ1n) is 3.47. The van der Waals surface area contributed by atoms with Gasteiger partial charge in [0.15, 0.2) is 0 Å². The summed E-state index contributed by atoms with van der Waals surface area (Å²) in [7, 11) is 0. The van der Waals surface area contributed by atoms with Crippen molar-refractivity contribution in [1.29, 1.82) is 0 Å². The number of carboxylic acid groups (broad SMARTS) is 1. The molecule has 1 aromatic rings. The number of aliphatic carboxylic acids is 1. The van der Waals surface area contributed by atoms with Crippen LogP contribution in [0.5, 0.6) is 0 Å². The number of nitrogens with zero attached hydrogens (tertiary/aromatic N) is 1. The zero-order chi connectivity index (χ0) is 8.27. The Morgan fingerprint density at radius 1 is 1.75 bits per heavy atom. The number of aromatic nitrogens is 2. The van der Waals surface area contributed by atoms with Crippen molar-refractivity contribution in [2.45, 2.75) is 19.8 Å². The van der Waals surface area contributed by atoms with E-state index in [1.165, 1.54) is 0 Å². The predicted octanol–water partition coefficient (Wildman–Crippen LogP) is 1.18. The van der Waals surface area contributed by atoms with Crippen molar-refractivity contribution in [3.63, 3.8) is 0 Å². The normalized spacial score (nSPS) is 9.08. The van der Waals surface area contributed by atoms with Crippen LogP contribution in [0.3, 0.4) is 0 Å². The molecule has 0 bridgehead atoms. The Hall–Kier alpha value is -0.840. The molecule has 68 valence electrons. The minimum absolute atomic E-state index is 0. The summed E-state index contributed by atoms with van der Waals surface area (Å²) in [6.07, 6.45) is 2.41. The lowest BCUT2D eigenvalue weighted by molar-refractivity contribution is -0.136. The maximum atomic E-state index is 10.3. The Morgan fingerprint density at radius 3 is 2.92 bits per heavy atom. The molecule has 5 heteroatoms. The molecule has 1 aromatic heterocycles. The van der Waals surface area contributed by atoms with Crippen LogP contribution >= 0.6 is 17.0 Å². The molecule has 0 radical (unpaired) electrons. The number of aromatic amines is 1. The molecule has 4 nitrogen and oxygen atoms in total. The lowest BCUT2D eigenvalue weighted by Crippen LogP contribution is -2.01. The van der Waals surface area contributed by atoms with Gasteiger partial charge >= 0.3 is 5.97 Å². The first kappa shape index (κ1) is 11.2. The first-order valence-corrected chi connectivity index (χ1v) is 3.47. The van der Waals surface area contributed by atoms with E-state index >= 15 is 0 Å². The van der Waals surface area contributed by atoms with E-state index in [1.54, 1.807) is 6.20 Å². The highest BCUT2D eigenvalue weighted by Gasteiger charge is 2.06. The van der Waals surface area contributed by atoms with E-state index in [1.807, 2.05) is 6.92 Å². The lowest BCUT2D eigenvalue weighted by Gasteiger charge is -1.94. The Bertz CT molecular complexity index is 260. The summed E-state index contributed by atoms with van der Waals surface area (Å²) in [5, 5.41) is 15.0. The van der Waals surface area contributed by atoms with Gasteiger partial charge in [0.05, 0.1) is 12.6 Å². The minimum Gasteiger partial charge on any atom is -0.481 e. The van der Waals surface area contributed by atoms with Crippen molar-refractivity contribution >= 4 is 23.0 Å². The molecule has 2 N–H and O–H groups in total. The average molecular weight is 235 g/mol. The molecule has 0 amide bonds. The van der Waals surface area contributed by atoms with Gasteiger partial charge in [-0.2, -0.15) is 5.10 Å². The molecule has 0 aromatic carbocycles. The number of rotatable bonds is 3. The second kappa shape index (κ2) is 4.92. The van der Waals surface area contributed by atoms with Gasteiger partial charge < -0.3 is 5.11 Å². The molecule has 0 aliphatic rings. The van der Waals surface area contributed by atoms with Crippen LogP contribution in [0.1, 0.15) is 18.2 Å². The topological polar surface area (TPSA) is 66.0 Å². The molecular formula is C7H11BrN2O2. The third kappa shape index (κ3) is 2.65. The summed E-state index contributed by atoms with van der Waals surface area (Å²) in [4.78, 5) is 10.3. The number of hydrogen-bond donors (Lipinski definition) is 2. The minimum atomic E-state index is -0.818. The summed E-state index contributed by atoms with van der Waals surface area (Å²) < 4.78 is 0. The van der Waals surface area contributed by atoms with Gasteiger partial charge in [-0.05, 0) is 6.42 Å². The van der Waals surface area contributed by atoms with Gasteiger partial charge in [0.1, 0.15) is 0 Å². The van der Waals surface area contributed by atoms with E-state index in [0.717, 1.165) is 17.7 Å². The fourth-order valence-corrected chi connectivity index (χ4v) is 0.959. The zero-order valence-corrected chi connectivity index (χ0v) is 8.42. The summed E-state index contributed by atoms with van der Waals surface area (Å²) in [6.45, 7) is 1.96. The van der Waals surface area contributed by atoms with Crippen molar-refractivity contribution in [3.8, 4) is 0 Å². The van der Waals surface area contributed by atoms with E-state index in [-0.39, 0.29) is 23.4 Å². The highest BCUT2D eigenvalue weighted by Crippen LogP contribution is 2.05. The van der Waals surface area contributed by atoms with Gasteiger partial charge in [-0.25, -0.2) is 0 Å². The highest BCUT2D eigenvalue weighted by atomic mass is 79.9. The number of halogens is 1. The summed E-state index contributed by atoms with van der Waals surface area (Å²) in [5.74, 6) is -0.818. The van der Waals surface area contributed by atoms with Crippen molar-refractivity contribution in [1.82, 2.24) is 10.2 Å². The number of H-pyrrole nitrogens is 1. The molecule has 0 saturated heterocycles. The maximum Gasteiger partial charge on any atom is 0.307 e. The van der Waals surface area contributed by atoms with Crippen molar-refractivity contribution in [3.05, 3.63) is 17.5 Å².